The van der Waals surface area contributed by atoms with Crippen LogP contribution in [0.5, 0.6) is 0 Å². The summed E-state index contributed by atoms with van der Waals surface area (Å²) in [7, 11) is 1.57. The predicted molar refractivity (Wildman–Crippen MR) is 80.5 cm³/mol. The second kappa shape index (κ2) is 8.97. The van der Waals surface area contributed by atoms with Crippen LogP contribution in [-0.4, -0.2) is 50.3 Å². The lowest BCUT2D eigenvalue weighted by molar-refractivity contribution is -0.136. The summed E-state index contributed by atoms with van der Waals surface area (Å²) in [5.41, 5.74) is 1.88. The first-order chi connectivity index (χ1) is 10.0. The SMILES string of the molecule is COCCNC(=O)CN(CCC(=O)O)c1ccccc1C. The Balaban J connectivity index is 2.71. The Bertz CT molecular complexity index is 476. The molecule has 0 aliphatic rings. The molecule has 0 radical (unpaired) electrons. The summed E-state index contributed by atoms with van der Waals surface area (Å²) >= 11 is 0. The molecule has 6 nitrogen and oxygen atoms in total. The van der Waals surface area contributed by atoms with E-state index in [4.69, 9.17) is 9.84 Å². The van der Waals surface area contributed by atoms with E-state index < -0.39 is 5.97 Å². The van der Waals surface area contributed by atoms with E-state index in [2.05, 4.69) is 5.32 Å². The third kappa shape index (κ3) is 6.27. The standard InChI is InChI=1S/C15H22N2O4/c1-12-5-3-4-6-13(12)17(9-7-15(19)20)11-14(18)16-8-10-21-2/h3-6H,7-11H2,1-2H3,(H,16,18)(H,19,20). The second-order valence-corrected chi connectivity index (χ2v) is 4.69. The molecule has 0 heterocycles. The third-order valence-corrected chi connectivity index (χ3v) is 3.01. The van der Waals surface area contributed by atoms with Gasteiger partial charge in [0.05, 0.1) is 19.6 Å². The number of nitrogens with one attached hydrogen (secondary N) is 1. The highest BCUT2D eigenvalue weighted by Gasteiger charge is 2.14. The van der Waals surface area contributed by atoms with E-state index >= 15 is 0 Å². The summed E-state index contributed by atoms with van der Waals surface area (Å²) in [5, 5.41) is 11.6. The summed E-state index contributed by atoms with van der Waals surface area (Å²) < 4.78 is 4.87. The van der Waals surface area contributed by atoms with Gasteiger partial charge in [0.1, 0.15) is 0 Å². The van der Waals surface area contributed by atoms with Gasteiger partial charge in [0.15, 0.2) is 0 Å². The van der Waals surface area contributed by atoms with Crippen molar-refractivity contribution in [2.24, 2.45) is 0 Å². The molecule has 1 aromatic carbocycles. The highest BCUT2D eigenvalue weighted by Crippen LogP contribution is 2.19. The molecule has 2 N–H and O–H groups in total. The molecule has 21 heavy (non-hydrogen) atoms. The Labute approximate surface area is 124 Å². The maximum absolute atomic E-state index is 11.9. The van der Waals surface area contributed by atoms with Crippen LogP contribution < -0.4 is 10.2 Å². The van der Waals surface area contributed by atoms with E-state index in [9.17, 15) is 9.59 Å². The first kappa shape index (κ1) is 17.0. The average Bonchev–Trinajstić information content (AvgIpc) is 2.44. The fraction of sp³-hybridized carbons (Fsp3) is 0.467. The van der Waals surface area contributed by atoms with Gasteiger partial charge in [0, 0.05) is 25.9 Å². The summed E-state index contributed by atoms with van der Waals surface area (Å²) in [6, 6.07) is 7.61. The molecule has 0 aliphatic heterocycles. The van der Waals surface area contributed by atoms with Gasteiger partial charge in [-0.25, -0.2) is 0 Å². The normalized spacial score (nSPS) is 10.2. The number of rotatable bonds is 9. The number of aliphatic carboxylic acids is 1. The van der Waals surface area contributed by atoms with Crippen LogP contribution in [0.15, 0.2) is 24.3 Å². The van der Waals surface area contributed by atoms with E-state index in [0.717, 1.165) is 11.3 Å². The van der Waals surface area contributed by atoms with Crippen molar-refractivity contribution in [1.29, 1.82) is 0 Å². The largest absolute Gasteiger partial charge is 0.481 e. The third-order valence-electron chi connectivity index (χ3n) is 3.01. The fourth-order valence-electron chi connectivity index (χ4n) is 1.96. The number of carboxylic acids is 1. The summed E-state index contributed by atoms with van der Waals surface area (Å²) in [4.78, 5) is 24.5. The number of amides is 1. The van der Waals surface area contributed by atoms with Crippen molar-refractivity contribution in [3.05, 3.63) is 29.8 Å². The number of para-hydroxylation sites is 1. The van der Waals surface area contributed by atoms with Gasteiger partial charge in [-0.1, -0.05) is 18.2 Å². The van der Waals surface area contributed by atoms with Crippen molar-refractivity contribution in [3.63, 3.8) is 0 Å². The minimum absolute atomic E-state index is 0.0142. The molecule has 1 rings (SSSR count). The number of benzene rings is 1. The molecular weight excluding hydrogens is 272 g/mol. The number of nitrogens with zero attached hydrogens (tertiary/aromatic N) is 1. The zero-order valence-electron chi connectivity index (χ0n) is 12.5. The lowest BCUT2D eigenvalue weighted by Gasteiger charge is -2.25. The molecule has 0 saturated heterocycles. The summed E-state index contributed by atoms with van der Waals surface area (Å²) in [6.07, 6.45) is -0.0142. The molecule has 0 unspecified atom stereocenters. The molecule has 0 atom stereocenters. The number of carbonyl (C=O) groups is 2. The predicted octanol–water partition coefficient (Wildman–Crippen LogP) is 1.04. The van der Waals surface area contributed by atoms with Crippen LogP contribution in [0.3, 0.4) is 0 Å². The fourth-order valence-corrected chi connectivity index (χ4v) is 1.96. The number of hydrogen-bond acceptors (Lipinski definition) is 4. The minimum Gasteiger partial charge on any atom is -0.481 e. The molecule has 0 spiro atoms. The Morgan fingerprint density at radius 1 is 1.33 bits per heavy atom. The topological polar surface area (TPSA) is 78.9 Å². The number of carbonyl (C=O) groups excluding carboxylic acids is 1. The molecule has 1 aromatic rings. The number of carboxylic acid groups (broad SMARTS) is 1. The zero-order valence-corrected chi connectivity index (χ0v) is 12.5. The van der Waals surface area contributed by atoms with Crippen LogP contribution in [0.1, 0.15) is 12.0 Å². The van der Waals surface area contributed by atoms with Crippen molar-refractivity contribution >= 4 is 17.6 Å². The number of anilines is 1. The number of methoxy groups -OCH3 is 1. The highest BCUT2D eigenvalue weighted by molar-refractivity contribution is 5.82. The van der Waals surface area contributed by atoms with Crippen molar-refractivity contribution in [2.45, 2.75) is 13.3 Å². The van der Waals surface area contributed by atoms with Crippen LogP contribution in [-0.2, 0) is 14.3 Å². The number of ether oxygens (including phenoxy) is 1. The van der Waals surface area contributed by atoms with E-state index in [-0.39, 0.29) is 25.4 Å². The van der Waals surface area contributed by atoms with Gasteiger partial charge < -0.3 is 20.1 Å². The van der Waals surface area contributed by atoms with E-state index in [1.54, 1.807) is 12.0 Å². The van der Waals surface area contributed by atoms with Crippen LogP contribution in [0, 0.1) is 6.92 Å². The van der Waals surface area contributed by atoms with Crippen LogP contribution in [0.25, 0.3) is 0 Å². The van der Waals surface area contributed by atoms with E-state index in [0.29, 0.717) is 13.2 Å². The van der Waals surface area contributed by atoms with E-state index in [1.165, 1.54) is 0 Å². The average molecular weight is 294 g/mol. The molecule has 0 aliphatic carbocycles. The Morgan fingerprint density at radius 3 is 2.67 bits per heavy atom. The van der Waals surface area contributed by atoms with Gasteiger partial charge in [0.2, 0.25) is 5.91 Å². The molecule has 1 amide bonds. The van der Waals surface area contributed by atoms with Gasteiger partial charge in [-0.2, -0.15) is 0 Å². The number of hydrogen-bond donors (Lipinski definition) is 2. The van der Waals surface area contributed by atoms with Crippen molar-refractivity contribution in [1.82, 2.24) is 5.32 Å². The molecule has 6 heteroatoms. The molecule has 0 bridgehead atoms. The molecule has 0 fully saturated rings. The highest BCUT2D eigenvalue weighted by atomic mass is 16.5. The summed E-state index contributed by atoms with van der Waals surface area (Å²) in [5.74, 6) is -1.03. The van der Waals surface area contributed by atoms with Crippen LogP contribution >= 0.6 is 0 Å². The summed E-state index contributed by atoms with van der Waals surface area (Å²) in [6.45, 7) is 3.24. The maximum Gasteiger partial charge on any atom is 0.305 e. The van der Waals surface area contributed by atoms with Gasteiger partial charge in [-0.15, -0.1) is 0 Å². The Kier molecular flexibility index (Phi) is 7.25. The first-order valence-corrected chi connectivity index (χ1v) is 6.82. The van der Waals surface area contributed by atoms with Crippen LogP contribution in [0.4, 0.5) is 5.69 Å². The van der Waals surface area contributed by atoms with E-state index in [1.807, 2.05) is 31.2 Å². The lowest BCUT2D eigenvalue weighted by Crippen LogP contribution is -2.39. The van der Waals surface area contributed by atoms with Gasteiger partial charge in [-0.05, 0) is 18.6 Å². The molecule has 0 saturated carbocycles. The van der Waals surface area contributed by atoms with Crippen molar-refractivity contribution < 1.29 is 19.4 Å². The van der Waals surface area contributed by atoms with Crippen molar-refractivity contribution in [2.75, 3.05) is 38.3 Å². The monoisotopic (exact) mass is 294 g/mol. The van der Waals surface area contributed by atoms with Crippen LogP contribution in [0.2, 0.25) is 0 Å². The van der Waals surface area contributed by atoms with Crippen molar-refractivity contribution in [3.8, 4) is 0 Å². The zero-order chi connectivity index (χ0) is 15.7. The number of aryl methyl sites for hydroxylation is 1. The maximum atomic E-state index is 11.9. The molecule has 0 aromatic heterocycles. The molecular formula is C15H22N2O4. The van der Waals surface area contributed by atoms with Gasteiger partial charge >= 0.3 is 5.97 Å². The van der Waals surface area contributed by atoms with Gasteiger partial charge in [-0.3, -0.25) is 9.59 Å². The Hall–Kier alpha value is -2.08. The quantitative estimate of drug-likeness (QED) is 0.665. The van der Waals surface area contributed by atoms with Gasteiger partial charge in [0.25, 0.3) is 0 Å². The second-order valence-electron chi connectivity index (χ2n) is 4.69. The molecule has 116 valence electrons. The Morgan fingerprint density at radius 2 is 2.05 bits per heavy atom. The smallest absolute Gasteiger partial charge is 0.305 e. The first-order valence-electron chi connectivity index (χ1n) is 6.82. The minimum atomic E-state index is -0.881. The lowest BCUT2D eigenvalue weighted by atomic mass is 10.1.